The van der Waals surface area contributed by atoms with Gasteiger partial charge in [0.2, 0.25) is 0 Å². The minimum absolute atomic E-state index is 0.580. The van der Waals surface area contributed by atoms with E-state index in [1.165, 1.54) is 12.1 Å². The largest absolute Gasteiger partial charge is 0.384 e. The Morgan fingerprint density at radius 1 is 1.10 bits per heavy atom. The lowest BCUT2D eigenvalue weighted by molar-refractivity contribution is 0.250. The van der Waals surface area contributed by atoms with Crippen LogP contribution in [0.2, 0.25) is 0 Å². The van der Waals surface area contributed by atoms with Gasteiger partial charge in [-0.1, -0.05) is 0 Å². The van der Waals surface area contributed by atoms with Gasteiger partial charge in [0.15, 0.2) is 0 Å². The summed E-state index contributed by atoms with van der Waals surface area (Å²) in [6, 6.07) is 3.92. The zero-order chi connectivity index (χ0) is 14.5. The van der Waals surface area contributed by atoms with Crippen molar-refractivity contribution in [3.63, 3.8) is 0 Å². The minimum Gasteiger partial charge on any atom is -0.384 e. The van der Waals surface area contributed by atoms with Crippen LogP contribution in [0.5, 0.6) is 0 Å². The molecule has 0 radical (unpaired) electrons. The van der Waals surface area contributed by atoms with Gasteiger partial charge in [0.1, 0.15) is 5.82 Å². The molecule has 112 valence electrons. The number of nitrogens with zero attached hydrogens (tertiary/aromatic N) is 5. The Morgan fingerprint density at radius 3 is 2.62 bits per heavy atom. The number of aryl methyl sites for hydroxylation is 1. The first kappa shape index (κ1) is 13.9. The maximum Gasteiger partial charge on any atom is 0.123 e. The molecule has 1 aliphatic heterocycles. The number of hydrogen-bond donors (Lipinski definition) is 1. The summed E-state index contributed by atoms with van der Waals surface area (Å²) in [5.41, 5.74) is 6.80. The SMILES string of the molecule is Nc1ccc(N2CCN(CCCn3ccnc3)CC2)cn1. The molecule has 0 spiro atoms. The van der Waals surface area contributed by atoms with Crippen LogP contribution in [-0.4, -0.2) is 52.2 Å². The smallest absolute Gasteiger partial charge is 0.123 e. The molecule has 1 saturated heterocycles. The van der Waals surface area contributed by atoms with Crippen LogP contribution in [0.3, 0.4) is 0 Å². The Balaban J connectivity index is 1.41. The summed E-state index contributed by atoms with van der Waals surface area (Å²) in [6.45, 7) is 6.50. The second kappa shape index (κ2) is 6.58. The Bertz CT molecular complexity index is 528. The third-order valence-corrected chi connectivity index (χ3v) is 3.96. The van der Waals surface area contributed by atoms with Gasteiger partial charge in [-0.3, -0.25) is 4.90 Å². The monoisotopic (exact) mass is 286 g/mol. The molecule has 6 heteroatoms. The number of nitrogen functional groups attached to an aromatic ring is 1. The van der Waals surface area contributed by atoms with Gasteiger partial charge in [-0.2, -0.15) is 0 Å². The van der Waals surface area contributed by atoms with Crippen LogP contribution in [0.25, 0.3) is 0 Å². The fourth-order valence-electron chi connectivity index (χ4n) is 2.71. The van der Waals surface area contributed by atoms with E-state index in [1.807, 2.05) is 31.0 Å². The van der Waals surface area contributed by atoms with Crippen molar-refractivity contribution in [1.82, 2.24) is 19.4 Å². The summed E-state index contributed by atoms with van der Waals surface area (Å²) >= 11 is 0. The van der Waals surface area contributed by atoms with Crippen LogP contribution in [0.4, 0.5) is 11.5 Å². The van der Waals surface area contributed by atoms with Crippen LogP contribution in [0.1, 0.15) is 6.42 Å². The quantitative estimate of drug-likeness (QED) is 0.891. The van der Waals surface area contributed by atoms with Crippen molar-refractivity contribution in [2.45, 2.75) is 13.0 Å². The van der Waals surface area contributed by atoms with Crippen LogP contribution in [0, 0.1) is 0 Å². The van der Waals surface area contributed by atoms with Crippen molar-refractivity contribution in [3.8, 4) is 0 Å². The lowest BCUT2D eigenvalue weighted by atomic mass is 10.2. The highest BCUT2D eigenvalue weighted by atomic mass is 15.3. The van der Waals surface area contributed by atoms with Crippen molar-refractivity contribution in [1.29, 1.82) is 0 Å². The predicted octanol–water partition coefficient (Wildman–Crippen LogP) is 1.07. The Kier molecular flexibility index (Phi) is 4.35. The molecular formula is C15H22N6. The van der Waals surface area contributed by atoms with Crippen molar-refractivity contribution >= 4 is 11.5 Å². The molecule has 0 saturated carbocycles. The number of nitrogens with two attached hydrogens (primary N) is 1. The summed E-state index contributed by atoms with van der Waals surface area (Å²) in [7, 11) is 0. The van der Waals surface area contributed by atoms with Crippen molar-refractivity contribution in [3.05, 3.63) is 37.1 Å². The van der Waals surface area contributed by atoms with Gasteiger partial charge in [-0.25, -0.2) is 9.97 Å². The van der Waals surface area contributed by atoms with Gasteiger partial charge in [0.05, 0.1) is 18.2 Å². The molecule has 0 unspecified atom stereocenters. The van der Waals surface area contributed by atoms with E-state index >= 15 is 0 Å². The van der Waals surface area contributed by atoms with Gasteiger partial charge < -0.3 is 15.2 Å². The van der Waals surface area contributed by atoms with E-state index in [2.05, 4.69) is 30.4 Å². The third kappa shape index (κ3) is 3.72. The lowest BCUT2D eigenvalue weighted by Gasteiger charge is -2.36. The minimum atomic E-state index is 0.580. The second-order valence-electron chi connectivity index (χ2n) is 5.42. The second-order valence-corrected chi connectivity index (χ2v) is 5.42. The molecule has 1 fully saturated rings. The van der Waals surface area contributed by atoms with Gasteiger partial charge in [0.25, 0.3) is 0 Å². The summed E-state index contributed by atoms with van der Waals surface area (Å²) in [5.74, 6) is 0.580. The highest BCUT2D eigenvalue weighted by molar-refractivity contribution is 5.48. The normalized spacial score (nSPS) is 16.3. The third-order valence-electron chi connectivity index (χ3n) is 3.96. The Hall–Kier alpha value is -2.08. The average Bonchev–Trinajstić information content (AvgIpc) is 3.02. The van der Waals surface area contributed by atoms with Gasteiger partial charge in [-0.15, -0.1) is 0 Å². The molecule has 2 aromatic rings. The summed E-state index contributed by atoms with van der Waals surface area (Å²) in [6.07, 6.45) is 8.77. The number of anilines is 2. The zero-order valence-corrected chi connectivity index (χ0v) is 12.2. The predicted molar refractivity (Wildman–Crippen MR) is 84.1 cm³/mol. The van der Waals surface area contributed by atoms with Gasteiger partial charge in [-0.05, 0) is 25.1 Å². The standard InChI is InChI=1S/C15H22N6/c16-15-3-2-14(12-18-15)21-10-8-19(9-11-21)5-1-6-20-7-4-17-13-20/h2-4,7,12-13H,1,5-6,8-11H2,(H2,16,18). The maximum atomic E-state index is 5.63. The number of pyridine rings is 1. The number of aromatic nitrogens is 3. The lowest BCUT2D eigenvalue weighted by Crippen LogP contribution is -2.46. The summed E-state index contributed by atoms with van der Waals surface area (Å²) < 4.78 is 2.14. The first-order chi connectivity index (χ1) is 10.3. The van der Waals surface area contributed by atoms with Crippen molar-refractivity contribution in [2.24, 2.45) is 0 Å². The van der Waals surface area contributed by atoms with E-state index in [1.54, 1.807) is 0 Å². The first-order valence-electron chi connectivity index (χ1n) is 7.46. The molecule has 0 aromatic carbocycles. The Labute approximate surface area is 125 Å². The zero-order valence-electron chi connectivity index (χ0n) is 12.2. The van der Waals surface area contributed by atoms with Crippen LogP contribution < -0.4 is 10.6 Å². The fraction of sp³-hybridized carbons (Fsp3) is 0.467. The van der Waals surface area contributed by atoms with E-state index in [9.17, 15) is 0 Å². The van der Waals surface area contributed by atoms with E-state index < -0.39 is 0 Å². The number of imidazole rings is 1. The molecule has 3 heterocycles. The van der Waals surface area contributed by atoms with E-state index in [-0.39, 0.29) is 0 Å². The summed E-state index contributed by atoms with van der Waals surface area (Å²) in [5, 5.41) is 0. The van der Waals surface area contributed by atoms with Gasteiger partial charge in [0, 0.05) is 45.1 Å². The van der Waals surface area contributed by atoms with E-state index in [0.29, 0.717) is 5.82 Å². The molecule has 0 amide bonds. The van der Waals surface area contributed by atoms with Crippen molar-refractivity contribution < 1.29 is 0 Å². The van der Waals surface area contributed by atoms with Crippen LogP contribution in [0.15, 0.2) is 37.1 Å². The average molecular weight is 286 g/mol. The first-order valence-corrected chi connectivity index (χ1v) is 7.46. The number of rotatable bonds is 5. The molecule has 0 bridgehead atoms. The summed E-state index contributed by atoms with van der Waals surface area (Å²) in [4.78, 5) is 13.1. The molecule has 1 aliphatic rings. The van der Waals surface area contributed by atoms with Crippen LogP contribution in [-0.2, 0) is 6.54 Å². The molecule has 3 rings (SSSR count). The molecular weight excluding hydrogens is 264 g/mol. The van der Waals surface area contributed by atoms with Gasteiger partial charge >= 0.3 is 0 Å². The number of piperazine rings is 1. The maximum absolute atomic E-state index is 5.63. The molecule has 2 aromatic heterocycles. The molecule has 21 heavy (non-hydrogen) atoms. The molecule has 0 atom stereocenters. The van der Waals surface area contributed by atoms with Crippen molar-refractivity contribution in [2.75, 3.05) is 43.4 Å². The van der Waals surface area contributed by atoms with E-state index in [4.69, 9.17) is 5.73 Å². The molecule has 0 aliphatic carbocycles. The fourth-order valence-corrected chi connectivity index (χ4v) is 2.71. The molecule has 6 nitrogen and oxygen atoms in total. The molecule has 2 N–H and O–H groups in total. The Morgan fingerprint density at radius 2 is 1.95 bits per heavy atom. The van der Waals surface area contributed by atoms with E-state index in [0.717, 1.165) is 39.3 Å². The number of hydrogen-bond acceptors (Lipinski definition) is 5. The topological polar surface area (TPSA) is 63.2 Å². The highest BCUT2D eigenvalue weighted by Gasteiger charge is 2.16. The van der Waals surface area contributed by atoms with Crippen LogP contribution >= 0.6 is 0 Å². The highest BCUT2D eigenvalue weighted by Crippen LogP contribution is 2.16.